The van der Waals surface area contributed by atoms with E-state index in [1.54, 1.807) is 24.3 Å². The first kappa shape index (κ1) is 15.9. The van der Waals surface area contributed by atoms with Gasteiger partial charge in [-0.05, 0) is 45.8 Å². The first-order valence-corrected chi connectivity index (χ1v) is 8.07. The van der Waals surface area contributed by atoms with Gasteiger partial charge in [-0.1, -0.05) is 24.3 Å². The number of amides is 1. The highest BCUT2D eigenvalue weighted by Crippen LogP contribution is 2.25. The molecule has 1 aliphatic heterocycles. The third-order valence-electron chi connectivity index (χ3n) is 4.52. The van der Waals surface area contributed by atoms with Crippen molar-refractivity contribution in [1.82, 2.24) is 25.1 Å². The second-order valence-corrected chi connectivity index (χ2v) is 6.06. The van der Waals surface area contributed by atoms with E-state index in [2.05, 4.69) is 15.5 Å². The molecule has 1 amide bonds. The number of hydrogen-bond acceptors (Lipinski definition) is 5. The molecule has 26 heavy (non-hydrogen) atoms. The fraction of sp³-hybridized carbons (Fsp3) is 0.167. The molecule has 2 heterocycles. The van der Waals surface area contributed by atoms with Crippen molar-refractivity contribution in [1.29, 1.82) is 0 Å². The molecule has 1 aromatic heterocycles. The van der Waals surface area contributed by atoms with Crippen LogP contribution >= 0.6 is 0 Å². The van der Waals surface area contributed by atoms with E-state index in [0.29, 0.717) is 17.7 Å². The van der Waals surface area contributed by atoms with Crippen LogP contribution in [-0.4, -0.2) is 48.1 Å². The van der Waals surface area contributed by atoms with E-state index >= 15 is 0 Å². The Morgan fingerprint density at radius 1 is 1.04 bits per heavy atom. The van der Waals surface area contributed by atoms with Gasteiger partial charge in [0.15, 0.2) is 0 Å². The summed E-state index contributed by atoms with van der Waals surface area (Å²) in [5.74, 6) is -1.31. The van der Waals surface area contributed by atoms with Gasteiger partial charge in [0, 0.05) is 18.5 Å². The molecule has 1 N–H and O–H groups in total. The molecule has 0 saturated heterocycles. The highest BCUT2D eigenvalue weighted by atomic mass is 16.4. The summed E-state index contributed by atoms with van der Waals surface area (Å²) in [6.45, 7) is 0.278. The molecule has 0 fully saturated rings. The molecule has 2 aromatic carbocycles. The van der Waals surface area contributed by atoms with Crippen molar-refractivity contribution in [2.75, 3.05) is 0 Å². The number of tetrazole rings is 1. The Morgan fingerprint density at radius 3 is 2.42 bits per heavy atom. The van der Waals surface area contributed by atoms with E-state index < -0.39 is 12.0 Å². The van der Waals surface area contributed by atoms with Crippen LogP contribution in [0.15, 0.2) is 54.9 Å². The lowest BCUT2D eigenvalue weighted by Gasteiger charge is -2.34. The van der Waals surface area contributed by atoms with Crippen LogP contribution < -0.4 is 0 Å². The largest absolute Gasteiger partial charge is 0.480 e. The summed E-state index contributed by atoms with van der Waals surface area (Å²) >= 11 is 0. The summed E-state index contributed by atoms with van der Waals surface area (Å²) < 4.78 is 1.48. The minimum absolute atomic E-state index is 0.278. The number of aromatic nitrogens is 4. The number of carboxylic acids is 1. The predicted molar refractivity (Wildman–Crippen MR) is 90.6 cm³/mol. The van der Waals surface area contributed by atoms with Gasteiger partial charge >= 0.3 is 5.97 Å². The number of benzene rings is 2. The SMILES string of the molecule is O=C(O)C1Cc2ccccc2CN1C(=O)c1ccc(-n2cnnn2)cc1. The lowest BCUT2D eigenvalue weighted by molar-refractivity contribution is -0.142. The van der Waals surface area contributed by atoms with Crippen LogP contribution in [0.5, 0.6) is 0 Å². The molecule has 1 aliphatic rings. The molecule has 0 bridgehead atoms. The Labute approximate surface area is 148 Å². The monoisotopic (exact) mass is 349 g/mol. The predicted octanol–water partition coefficient (Wildman–Crippen LogP) is 1.31. The van der Waals surface area contributed by atoms with Crippen molar-refractivity contribution in [3.8, 4) is 5.69 Å². The van der Waals surface area contributed by atoms with Crippen LogP contribution in [0.25, 0.3) is 5.69 Å². The summed E-state index contributed by atoms with van der Waals surface area (Å²) in [5.41, 5.74) is 3.08. The maximum Gasteiger partial charge on any atom is 0.326 e. The zero-order valence-electron chi connectivity index (χ0n) is 13.7. The van der Waals surface area contributed by atoms with Gasteiger partial charge in [0.05, 0.1) is 5.69 Å². The van der Waals surface area contributed by atoms with Crippen molar-refractivity contribution in [2.24, 2.45) is 0 Å². The van der Waals surface area contributed by atoms with Crippen LogP contribution in [0.3, 0.4) is 0 Å². The lowest BCUT2D eigenvalue weighted by Crippen LogP contribution is -2.48. The smallest absolute Gasteiger partial charge is 0.326 e. The van der Waals surface area contributed by atoms with Gasteiger partial charge in [0.25, 0.3) is 5.91 Å². The van der Waals surface area contributed by atoms with Crippen molar-refractivity contribution in [3.63, 3.8) is 0 Å². The first-order valence-electron chi connectivity index (χ1n) is 8.07. The third kappa shape index (κ3) is 2.81. The van der Waals surface area contributed by atoms with E-state index in [0.717, 1.165) is 11.1 Å². The molecule has 0 aliphatic carbocycles. The Bertz CT molecular complexity index is 953. The molecule has 1 unspecified atom stereocenters. The number of aliphatic carboxylic acids is 1. The number of rotatable bonds is 3. The first-order chi connectivity index (χ1) is 12.6. The Balaban J connectivity index is 1.63. The van der Waals surface area contributed by atoms with Gasteiger partial charge < -0.3 is 10.0 Å². The number of fused-ring (bicyclic) bond motifs is 1. The second kappa shape index (κ2) is 6.40. The maximum atomic E-state index is 12.9. The van der Waals surface area contributed by atoms with Gasteiger partial charge in [-0.15, -0.1) is 5.10 Å². The molecular formula is C18H15N5O3. The van der Waals surface area contributed by atoms with E-state index in [1.165, 1.54) is 15.9 Å². The van der Waals surface area contributed by atoms with Gasteiger partial charge in [0.1, 0.15) is 12.4 Å². The number of carbonyl (C=O) groups excluding carboxylic acids is 1. The Kier molecular flexibility index (Phi) is 3.92. The van der Waals surface area contributed by atoms with E-state index in [1.807, 2.05) is 24.3 Å². The van der Waals surface area contributed by atoms with E-state index in [-0.39, 0.29) is 12.5 Å². The molecule has 4 rings (SSSR count). The Hall–Kier alpha value is -3.55. The highest BCUT2D eigenvalue weighted by Gasteiger charge is 2.34. The van der Waals surface area contributed by atoms with Crippen LogP contribution in [0.2, 0.25) is 0 Å². The van der Waals surface area contributed by atoms with Crippen molar-refractivity contribution in [2.45, 2.75) is 19.0 Å². The molecule has 130 valence electrons. The number of hydrogen-bond donors (Lipinski definition) is 1. The molecule has 8 nitrogen and oxygen atoms in total. The Morgan fingerprint density at radius 2 is 1.77 bits per heavy atom. The highest BCUT2D eigenvalue weighted by molar-refractivity contribution is 5.97. The molecule has 1 atom stereocenters. The second-order valence-electron chi connectivity index (χ2n) is 6.06. The zero-order valence-corrected chi connectivity index (χ0v) is 13.7. The topological polar surface area (TPSA) is 101 Å². The number of carboxylic acid groups (broad SMARTS) is 1. The minimum Gasteiger partial charge on any atom is -0.480 e. The summed E-state index contributed by atoms with van der Waals surface area (Å²) in [5, 5.41) is 20.5. The summed E-state index contributed by atoms with van der Waals surface area (Å²) in [7, 11) is 0. The molecule has 0 radical (unpaired) electrons. The van der Waals surface area contributed by atoms with E-state index in [9.17, 15) is 14.7 Å². The van der Waals surface area contributed by atoms with Crippen LogP contribution in [0, 0.1) is 0 Å². The molecule has 3 aromatic rings. The van der Waals surface area contributed by atoms with Crippen LogP contribution in [0.4, 0.5) is 0 Å². The molecular weight excluding hydrogens is 334 g/mol. The van der Waals surface area contributed by atoms with Crippen molar-refractivity contribution < 1.29 is 14.7 Å². The van der Waals surface area contributed by atoms with Crippen molar-refractivity contribution >= 4 is 11.9 Å². The number of nitrogens with zero attached hydrogens (tertiary/aromatic N) is 5. The minimum atomic E-state index is -1.00. The van der Waals surface area contributed by atoms with E-state index in [4.69, 9.17) is 0 Å². The summed E-state index contributed by atoms with van der Waals surface area (Å²) in [4.78, 5) is 26.1. The fourth-order valence-electron chi connectivity index (χ4n) is 3.16. The van der Waals surface area contributed by atoms with Gasteiger partial charge in [-0.25, -0.2) is 9.48 Å². The normalized spacial score (nSPS) is 16.2. The fourth-order valence-corrected chi connectivity index (χ4v) is 3.16. The maximum absolute atomic E-state index is 12.9. The van der Waals surface area contributed by atoms with Gasteiger partial charge in [0.2, 0.25) is 0 Å². The molecule has 0 spiro atoms. The van der Waals surface area contributed by atoms with Gasteiger partial charge in [-0.2, -0.15) is 0 Å². The van der Waals surface area contributed by atoms with Crippen LogP contribution in [0.1, 0.15) is 21.5 Å². The van der Waals surface area contributed by atoms with Crippen molar-refractivity contribution in [3.05, 3.63) is 71.5 Å². The average Bonchev–Trinajstić information content (AvgIpc) is 3.21. The molecule has 0 saturated carbocycles. The van der Waals surface area contributed by atoms with Crippen LogP contribution in [-0.2, 0) is 17.8 Å². The lowest BCUT2D eigenvalue weighted by atomic mass is 9.93. The summed E-state index contributed by atoms with van der Waals surface area (Å²) in [6, 6.07) is 13.5. The number of carbonyl (C=O) groups is 2. The average molecular weight is 349 g/mol. The summed E-state index contributed by atoms with van der Waals surface area (Å²) in [6.07, 6.45) is 1.76. The zero-order chi connectivity index (χ0) is 18.1. The molecule has 8 heteroatoms. The quantitative estimate of drug-likeness (QED) is 0.765. The van der Waals surface area contributed by atoms with Gasteiger partial charge in [-0.3, -0.25) is 4.79 Å². The third-order valence-corrected chi connectivity index (χ3v) is 4.52. The standard InChI is InChI=1S/C18H15N5O3/c24-17(12-5-7-15(8-6-12)23-11-19-20-21-23)22-10-14-4-2-1-3-13(14)9-16(22)18(25)26/h1-8,11,16H,9-10H2,(H,25,26).